The van der Waals surface area contributed by atoms with Gasteiger partial charge in [-0.25, -0.2) is 0 Å². The van der Waals surface area contributed by atoms with E-state index in [1.165, 1.54) is 33.8 Å². The second-order valence-corrected chi connectivity index (χ2v) is 17.0. The van der Waals surface area contributed by atoms with Crippen LogP contribution in [-0.4, -0.2) is 6.04 Å². The molecule has 9 rings (SSSR count). The highest BCUT2D eigenvalue weighted by Gasteiger charge is 2.26. The molecule has 2 aliphatic rings. The van der Waals surface area contributed by atoms with Crippen LogP contribution in [0, 0.1) is 32.6 Å². The predicted molar refractivity (Wildman–Crippen MR) is 269 cm³/mol. The van der Waals surface area contributed by atoms with Crippen LogP contribution in [0.5, 0.6) is 0 Å². The molecule has 0 aliphatic heterocycles. The largest absolute Gasteiger partial charge is 0.334 e. The van der Waals surface area contributed by atoms with Crippen LogP contribution < -0.4 is 19.6 Å². The maximum atomic E-state index is 2.50. The summed E-state index contributed by atoms with van der Waals surface area (Å²) < 4.78 is 0. The van der Waals surface area contributed by atoms with Crippen LogP contribution in [0.1, 0.15) is 37.0 Å². The molecule has 0 bridgehead atoms. The maximum absolute atomic E-state index is 2.50. The smallest absolute Gasteiger partial charge is 0.0585 e. The summed E-state index contributed by atoms with van der Waals surface area (Å²) in [6.07, 6.45) is 16.7. The van der Waals surface area contributed by atoms with Crippen LogP contribution in [0.4, 0.5) is 56.9 Å². The van der Waals surface area contributed by atoms with Crippen LogP contribution in [0.3, 0.4) is 0 Å². The molecule has 0 radical (unpaired) electrons. The van der Waals surface area contributed by atoms with E-state index in [4.69, 9.17) is 0 Å². The van der Waals surface area contributed by atoms with Gasteiger partial charge in [0.25, 0.3) is 0 Å². The summed E-state index contributed by atoms with van der Waals surface area (Å²) in [5.41, 5.74) is 16.3. The Morgan fingerprint density at radius 1 is 0.365 bits per heavy atom. The number of allylic oxidation sites excluding steroid dienone is 6. The molecule has 0 spiro atoms. The van der Waals surface area contributed by atoms with Crippen molar-refractivity contribution in [2.75, 3.05) is 19.6 Å². The van der Waals surface area contributed by atoms with Gasteiger partial charge in [0.05, 0.1) is 6.04 Å². The topological polar surface area (TPSA) is 13.0 Å². The standard InChI is InChI=1S/C59H56N4/c1-43-18-17-25-55(42-43)62(57-27-14-10-20-45(57)3)53-38-32-50(33-39-53)60(49-30-36-52(37-31-49)61(48-23-7-6-8-24-48)56-26-13-9-19-44(56)2)51-34-40-54(41-35-51)63(58-28-15-11-21-46(58)4)59-29-16-12-22-47(59)5/h6-41,43,46,58H,42H2,1-5H3. The third-order valence-corrected chi connectivity index (χ3v) is 12.4. The van der Waals surface area contributed by atoms with E-state index in [1.807, 2.05) is 0 Å². The number of aryl methyl sites for hydroxylation is 3. The molecular weight excluding hydrogens is 765 g/mol. The van der Waals surface area contributed by atoms with Crippen molar-refractivity contribution in [3.63, 3.8) is 0 Å². The van der Waals surface area contributed by atoms with Gasteiger partial charge in [-0.05, 0) is 165 Å². The van der Waals surface area contributed by atoms with Gasteiger partial charge in [-0.1, -0.05) is 123 Å². The second-order valence-electron chi connectivity index (χ2n) is 17.0. The second kappa shape index (κ2) is 18.4. The van der Waals surface area contributed by atoms with E-state index in [0.29, 0.717) is 11.8 Å². The average Bonchev–Trinajstić information content (AvgIpc) is 3.31. The van der Waals surface area contributed by atoms with Crippen LogP contribution in [0.25, 0.3) is 0 Å². The molecule has 7 aromatic carbocycles. The molecule has 3 unspecified atom stereocenters. The minimum Gasteiger partial charge on any atom is -0.334 e. The monoisotopic (exact) mass is 820 g/mol. The highest BCUT2D eigenvalue weighted by molar-refractivity contribution is 5.84. The van der Waals surface area contributed by atoms with Crippen molar-refractivity contribution in [2.45, 2.75) is 47.1 Å². The van der Waals surface area contributed by atoms with Gasteiger partial charge in [-0.2, -0.15) is 0 Å². The van der Waals surface area contributed by atoms with Crippen molar-refractivity contribution < 1.29 is 0 Å². The molecule has 0 amide bonds. The zero-order valence-electron chi connectivity index (χ0n) is 37.0. The normalized spacial score (nSPS) is 16.7. The molecule has 3 atom stereocenters. The first-order valence-electron chi connectivity index (χ1n) is 22.3. The molecule has 0 heterocycles. The van der Waals surface area contributed by atoms with Crippen molar-refractivity contribution >= 4 is 56.9 Å². The fourth-order valence-corrected chi connectivity index (χ4v) is 9.12. The van der Waals surface area contributed by atoms with E-state index in [-0.39, 0.29) is 6.04 Å². The zero-order valence-corrected chi connectivity index (χ0v) is 37.0. The fourth-order valence-electron chi connectivity index (χ4n) is 9.12. The Morgan fingerprint density at radius 3 is 1.29 bits per heavy atom. The lowest BCUT2D eigenvalue weighted by Crippen LogP contribution is -2.35. The Kier molecular flexibility index (Phi) is 12.0. The van der Waals surface area contributed by atoms with Gasteiger partial charge >= 0.3 is 0 Å². The molecule has 63 heavy (non-hydrogen) atoms. The first-order chi connectivity index (χ1) is 30.8. The Balaban J connectivity index is 1.14. The van der Waals surface area contributed by atoms with E-state index in [2.05, 4.69) is 273 Å². The molecule has 0 aromatic heterocycles. The first-order valence-corrected chi connectivity index (χ1v) is 22.3. The molecule has 0 N–H and O–H groups in total. The lowest BCUT2D eigenvalue weighted by molar-refractivity contribution is 0.609. The third-order valence-electron chi connectivity index (χ3n) is 12.4. The molecule has 0 saturated heterocycles. The fraction of sp³-hybridized carbons (Fsp3) is 0.153. The highest BCUT2D eigenvalue weighted by Crippen LogP contribution is 2.43. The van der Waals surface area contributed by atoms with Crippen LogP contribution in [-0.2, 0) is 0 Å². The predicted octanol–water partition coefficient (Wildman–Crippen LogP) is 16.4. The van der Waals surface area contributed by atoms with E-state index in [1.54, 1.807) is 0 Å². The molecule has 4 heteroatoms. The Labute approximate surface area is 374 Å². The Hall–Kier alpha value is -7.30. The van der Waals surface area contributed by atoms with E-state index in [9.17, 15) is 0 Å². The Morgan fingerprint density at radius 2 is 0.778 bits per heavy atom. The summed E-state index contributed by atoms with van der Waals surface area (Å²) in [7, 11) is 0. The minimum absolute atomic E-state index is 0.188. The molecule has 312 valence electrons. The number of benzene rings is 7. The summed E-state index contributed by atoms with van der Waals surface area (Å²) >= 11 is 0. The first kappa shape index (κ1) is 41.1. The van der Waals surface area contributed by atoms with E-state index in [0.717, 1.165) is 51.9 Å². The van der Waals surface area contributed by atoms with Crippen molar-refractivity contribution in [3.05, 3.63) is 241 Å². The summed E-state index contributed by atoms with van der Waals surface area (Å²) in [6.45, 7) is 11.2. The zero-order chi connectivity index (χ0) is 43.3. The molecule has 2 aliphatic carbocycles. The lowest BCUT2D eigenvalue weighted by Gasteiger charge is -2.37. The van der Waals surface area contributed by atoms with Crippen LogP contribution in [0.2, 0.25) is 0 Å². The van der Waals surface area contributed by atoms with Gasteiger partial charge < -0.3 is 19.6 Å². The number of rotatable bonds is 12. The maximum Gasteiger partial charge on any atom is 0.0585 e. The molecule has 4 nitrogen and oxygen atoms in total. The van der Waals surface area contributed by atoms with Gasteiger partial charge in [-0.3, -0.25) is 0 Å². The Bertz CT molecular complexity index is 2780. The number of hydrogen-bond donors (Lipinski definition) is 0. The van der Waals surface area contributed by atoms with Crippen LogP contribution in [0.15, 0.2) is 224 Å². The minimum atomic E-state index is 0.188. The molecule has 7 aromatic rings. The summed E-state index contributed by atoms with van der Waals surface area (Å²) in [5.74, 6) is 0.817. The molecular formula is C59H56N4. The number of hydrogen-bond acceptors (Lipinski definition) is 4. The number of nitrogens with zero attached hydrogens (tertiary/aromatic N) is 4. The van der Waals surface area contributed by atoms with Crippen molar-refractivity contribution in [3.8, 4) is 0 Å². The van der Waals surface area contributed by atoms with E-state index < -0.39 is 0 Å². The molecule has 0 fully saturated rings. The SMILES string of the molecule is Cc1ccccc1N(C1=CC=CC(C)C1)c1ccc(N(c2ccc(N(c3ccccc3)c3ccccc3C)cc2)c2ccc(N(c3ccccc3C)C3C=CC=CC3C)cc2)cc1. The van der Waals surface area contributed by atoms with Gasteiger partial charge in [0.15, 0.2) is 0 Å². The average molecular weight is 821 g/mol. The van der Waals surface area contributed by atoms with Crippen molar-refractivity contribution in [1.82, 2.24) is 0 Å². The lowest BCUT2D eigenvalue weighted by atomic mass is 9.94. The van der Waals surface area contributed by atoms with Gasteiger partial charge in [0.1, 0.15) is 0 Å². The number of para-hydroxylation sites is 4. The van der Waals surface area contributed by atoms with Crippen molar-refractivity contribution in [2.24, 2.45) is 11.8 Å². The van der Waals surface area contributed by atoms with Crippen LogP contribution >= 0.6 is 0 Å². The summed E-state index contributed by atoms with van der Waals surface area (Å²) in [6, 6.07) is 64.1. The summed E-state index contributed by atoms with van der Waals surface area (Å²) in [4.78, 5) is 9.66. The number of anilines is 10. The quantitative estimate of drug-likeness (QED) is 0.122. The van der Waals surface area contributed by atoms with Gasteiger partial charge in [0.2, 0.25) is 0 Å². The van der Waals surface area contributed by atoms with Gasteiger partial charge in [0, 0.05) is 62.6 Å². The van der Waals surface area contributed by atoms with Gasteiger partial charge in [-0.15, -0.1) is 0 Å². The highest BCUT2D eigenvalue weighted by atomic mass is 15.2. The van der Waals surface area contributed by atoms with E-state index >= 15 is 0 Å². The summed E-state index contributed by atoms with van der Waals surface area (Å²) in [5, 5.41) is 0. The third kappa shape index (κ3) is 8.63. The van der Waals surface area contributed by atoms with Crippen molar-refractivity contribution in [1.29, 1.82) is 0 Å². The molecule has 0 saturated carbocycles.